The van der Waals surface area contributed by atoms with Gasteiger partial charge in [0.15, 0.2) is 0 Å². The van der Waals surface area contributed by atoms with Gasteiger partial charge in [-0.2, -0.15) is 0 Å². The lowest BCUT2D eigenvalue weighted by molar-refractivity contribution is 0.0955. The lowest BCUT2D eigenvalue weighted by atomic mass is 10.2. The SMILES string of the molecule is C#CCCNC(=O)c1cccc(N)c1Cl. The fourth-order valence-electron chi connectivity index (χ4n) is 1.07. The van der Waals surface area contributed by atoms with Crippen molar-refractivity contribution >= 4 is 23.2 Å². The van der Waals surface area contributed by atoms with Gasteiger partial charge in [0, 0.05) is 13.0 Å². The van der Waals surface area contributed by atoms with Crippen LogP contribution in [0.2, 0.25) is 5.02 Å². The molecular weight excluding hydrogens is 212 g/mol. The highest BCUT2D eigenvalue weighted by molar-refractivity contribution is 6.36. The van der Waals surface area contributed by atoms with Crippen molar-refractivity contribution in [3.63, 3.8) is 0 Å². The van der Waals surface area contributed by atoms with Crippen molar-refractivity contribution in [2.45, 2.75) is 6.42 Å². The van der Waals surface area contributed by atoms with Crippen LogP contribution in [0.15, 0.2) is 18.2 Å². The standard InChI is InChI=1S/C11H11ClN2O/c1-2-3-7-14-11(15)8-5-4-6-9(13)10(8)12/h1,4-6H,3,7,13H2,(H,14,15). The molecule has 0 aliphatic heterocycles. The third kappa shape index (κ3) is 2.90. The van der Waals surface area contributed by atoms with Gasteiger partial charge in [0.05, 0.1) is 16.3 Å². The minimum Gasteiger partial charge on any atom is -0.398 e. The predicted molar refractivity (Wildman–Crippen MR) is 61.6 cm³/mol. The van der Waals surface area contributed by atoms with Crippen LogP contribution < -0.4 is 11.1 Å². The number of nitrogens with one attached hydrogen (secondary N) is 1. The lowest BCUT2D eigenvalue weighted by Gasteiger charge is -2.06. The highest BCUT2D eigenvalue weighted by Gasteiger charge is 2.10. The predicted octanol–water partition coefficient (Wildman–Crippen LogP) is 1.68. The van der Waals surface area contributed by atoms with Crippen LogP contribution in [0.5, 0.6) is 0 Å². The molecule has 0 heterocycles. The Labute approximate surface area is 93.6 Å². The first-order valence-corrected chi connectivity index (χ1v) is 4.80. The summed E-state index contributed by atoms with van der Waals surface area (Å²) in [5.41, 5.74) is 6.33. The molecule has 0 radical (unpaired) electrons. The second-order valence-corrected chi connectivity index (χ2v) is 3.30. The topological polar surface area (TPSA) is 55.1 Å². The maximum absolute atomic E-state index is 11.6. The molecule has 0 aliphatic rings. The molecule has 0 atom stereocenters. The largest absolute Gasteiger partial charge is 0.398 e. The number of carbonyl (C=O) groups is 1. The maximum Gasteiger partial charge on any atom is 0.252 e. The molecule has 0 saturated heterocycles. The number of hydrogen-bond donors (Lipinski definition) is 2. The van der Waals surface area contributed by atoms with Gasteiger partial charge in [0.1, 0.15) is 0 Å². The average molecular weight is 223 g/mol. The van der Waals surface area contributed by atoms with E-state index in [1.165, 1.54) is 0 Å². The number of amides is 1. The van der Waals surface area contributed by atoms with Crippen molar-refractivity contribution in [2.75, 3.05) is 12.3 Å². The molecule has 4 heteroatoms. The second-order valence-electron chi connectivity index (χ2n) is 2.92. The fraction of sp³-hybridized carbons (Fsp3) is 0.182. The average Bonchev–Trinajstić information content (AvgIpc) is 2.22. The van der Waals surface area contributed by atoms with Gasteiger partial charge in [-0.05, 0) is 12.1 Å². The first-order valence-electron chi connectivity index (χ1n) is 4.42. The molecule has 0 saturated carbocycles. The smallest absolute Gasteiger partial charge is 0.252 e. The summed E-state index contributed by atoms with van der Waals surface area (Å²) in [5.74, 6) is 2.17. The zero-order valence-corrected chi connectivity index (χ0v) is 8.84. The van der Waals surface area contributed by atoms with Crippen LogP contribution in [0.1, 0.15) is 16.8 Å². The van der Waals surface area contributed by atoms with Crippen molar-refractivity contribution in [2.24, 2.45) is 0 Å². The molecule has 1 rings (SSSR count). The monoisotopic (exact) mass is 222 g/mol. The highest BCUT2D eigenvalue weighted by Crippen LogP contribution is 2.22. The maximum atomic E-state index is 11.6. The molecule has 3 nitrogen and oxygen atoms in total. The summed E-state index contributed by atoms with van der Waals surface area (Å²) in [5, 5.41) is 2.92. The van der Waals surface area contributed by atoms with Crippen molar-refractivity contribution in [3.8, 4) is 12.3 Å². The number of benzene rings is 1. The van der Waals surface area contributed by atoms with E-state index in [1.54, 1.807) is 18.2 Å². The summed E-state index contributed by atoms with van der Waals surface area (Å²) in [6.45, 7) is 0.431. The Morgan fingerprint density at radius 2 is 2.33 bits per heavy atom. The number of terminal acetylenes is 1. The normalized spacial score (nSPS) is 9.33. The van der Waals surface area contributed by atoms with Crippen LogP contribution in [0, 0.1) is 12.3 Å². The van der Waals surface area contributed by atoms with Crippen LogP contribution in [-0.4, -0.2) is 12.5 Å². The number of nitrogens with two attached hydrogens (primary N) is 1. The number of carbonyl (C=O) groups excluding carboxylic acids is 1. The number of rotatable bonds is 3. The molecule has 1 aromatic carbocycles. The summed E-state index contributed by atoms with van der Waals surface area (Å²) >= 11 is 5.87. The molecule has 15 heavy (non-hydrogen) atoms. The number of nitrogen functional groups attached to an aromatic ring is 1. The Morgan fingerprint density at radius 1 is 1.60 bits per heavy atom. The van der Waals surface area contributed by atoms with Crippen LogP contribution >= 0.6 is 11.6 Å². The molecule has 0 aromatic heterocycles. The first-order chi connectivity index (χ1) is 7.16. The fourth-order valence-corrected chi connectivity index (χ4v) is 1.28. The van der Waals surface area contributed by atoms with Crippen molar-refractivity contribution < 1.29 is 4.79 Å². The van der Waals surface area contributed by atoms with Crippen LogP contribution in [0.25, 0.3) is 0 Å². The van der Waals surface area contributed by atoms with Crippen molar-refractivity contribution in [3.05, 3.63) is 28.8 Å². The summed E-state index contributed by atoms with van der Waals surface area (Å²) < 4.78 is 0. The van der Waals surface area contributed by atoms with E-state index < -0.39 is 0 Å². The first kappa shape index (κ1) is 11.4. The van der Waals surface area contributed by atoms with E-state index in [9.17, 15) is 4.79 Å². The summed E-state index contributed by atoms with van der Waals surface area (Å²) in [7, 11) is 0. The van der Waals surface area contributed by atoms with E-state index in [-0.39, 0.29) is 10.9 Å². The zero-order chi connectivity index (χ0) is 11.3. The van der Waals surface area contributed by atoms with Crippen LogP contribution in [0.4, 0.5) is 5.69 Å². The Hall–Kier alpha value is -1.66. The van der Waals surface area contributed by atoms with E-state index in [0.29, 0.717) is 24.2 Å². The van der Waals surface area contributed by atoms with Crippen molar-refractivity contribution in [1.29, 1.82) is 0 Å². The molecular formula is C11H11ClN2O. The summed E-state index contributed by atoms with van der Waals surface area (Å²) in [6.07, 6.45) is 5.55. The van der Waals surface area contributed by atoms with Gasteiger partial charge in [0.2, 0.25) is 0 Å². The Morgan fingerprint density at radius 3 is 3.00 bits per heavy atom. The zero-order valence-electron chi connectivity index (χ0n) is 8.09. The van der Waals surface area contributed by atoms with Gasteiger partial charge in [-0.15, -0.1) is 12.3 Å². The van der Waals surface area contributed by atoms with Crippen molar-refractivity contribution in [1.82, 2.24) is 5.32 Å². The van der Waals surface area contributed by atoms with Crippen LogP contribution in [0.3, 0.4) is 0 Å². The van der Waals surface area contributed by atoms with E-state index in [4.69, 9.17) is 23.8 Å². The summed E-state index contributed by atoms with van der Waals surface area (Å²) in [4.78, 5) is 11.6. The molecule has 78 valence electrons. The van der Waals surface area contributed by atoms with Gasteiger partial charge in [-0.3, -0.25) is 4.79 Å². The van der Waals surface area contributed by atoms with Gasteiger partial charge in [-0.25, -0.2) is 0 Å². The minimum absolute atomic E-state index is 0.262. The lowest BCUT2D eigenvalue weighted by Crippen LogP contribution is -2.24. The number of halogens is 1. The molecule has 0 aliphatic carbocycles. The Bertz CT molecular complexity index is 410. The quantitative estimate of drug-likeness (QED) is 0.465. The molecule has 1 aromatic rings. The number of anilines is 1. The minimum atomic E-state index is -0.262. The van der Waals surface area contributed by atoms with E-state index in [1.807, 2.05) is 0 Å². The molecule has 3 N–H and O–H groups in total. The summed E-state index contributed by atoms with van der Waals surface area (Å²) in [6, 6.07) is 4.93. The third-order valence-electron chi connectivity index (χ3n) is 1.83. The third-order valence-corrected chi connectivity index (χ3v) is 2.25. The molecule has 0 fully saturated rings. The molecule has 1 amide bonds. The van der Waals surface area contributed by atoms with Crippen LogP contribution in [-0.2, 0) is 0 Å². The highest BCUT2D eigenvalue weighted by atomic mass is 35.5. The molecule has 0 unspecified atom stereocenters. The van der Waals surface area contributed by atoms with Gasteiger partial charge in [0.25, 0.3) is 5.91 Å². The Kier molecular flexibility index (Phi) is 4.02. The van der Waals surface area contributed by atoms with Gasteiger partial charge in [-0.1, -0.05) is 17.7 Å². The van der Waals surface area contributed by atoms with Gasteiger partial charge >= 0.3 is 0 Å². The second kappa shape index (κ2) is 5.28. The van der Waals surface area contributed by atoms with E-state index in [0.717, 1.165) is 0 Å². The van der Waals surface area contributed by atoms with E-state index >= 15 is 0 Å². The van der Waals surface area contributed by atoms with E-state index in [2.05, 4.69) is 11.2 Å². The number of hydrogen-bond acceptors (Lipinski definition) is 2. The van der Waals surface area contributed by atoms with Gasteiger partial charge < -0.3 is 11.1 Å². The molecule has 0 spiro atoms. The molecule has 0 bridgehead atoms. The Balaban J connectivity index is 2.75.